The Bertz CT molecular complexity index is 790. The molecule has 6 nitrogen and oxygen atoms in total. The maximum absolute atomic E-state index is 12.7. The van der Waals surface area contributed by atoms with Crippen LogP contribution in [-0.4, -0.2) is 38.0 Å². The Kier molecular flexibility index (Phi) is 4.07. The van der Waals surface area contributed by atoms with Gasteiger partial charge in [0.05, 0.1) is 11.3 Å². The molecule has 0 radical (unpaired) electrons. The van der Waals surface area contributed by atoms with Crippen molar-refractivity contribution in [3.8, 4) is 0 Å². The van der Waals surface area contributed by atoms with Crippen LogP contribution in [0.2, 0.25) is 0 Å². The molecule has 0 N–H and O–H groups in total. The second-order valence-electron chi connectivity index (χ2n) is 6.31. The van der Waals surface area contributed by atoms with E-state index >= 15 is 0 Å². The molecule has 23 heavy (non-hydrogen) atoms. The Hall–Kier alpha value is -2.37. The first-order chi connectivity index (χ1) is 11.0. The highest BCUT2D eigenvalue weighted by Crippen LogP contribution is 2.26. The zero-order valence-corrected chi connectivity index (χ0v) is 13.8. The first kappa shape index (κ1) is 15.5. The summed E-state index contributed by atoms with van der Waals surface area (Å²) in [6.07, 6.45) is 5.64. The Morgan fingerprint density at radius 3 is 2.65 bits per heavy atom. The summed E-state index contributed by atoms with van der Waals surface area (Å²) in [6, 6.07) is 3.05. The molecule has 1 amide bonds. The van der Waals surface area contributed by atoms with E-state index in [1.54, 1.807) is 19.3 Å². The second-order valence-corrected chi connectivity index (χ2v) is 6.31. The molecule has 0 bridgehead atoms. The van der Waals surface area contributed by atoms with Crippen molar-refractivity contribution in [2.45, 2.75) is 25.7 Å². The number of hydrogen-bond donors (Lipinski definition) is 0. The van der Waals surface area contributed by atoms with Gasteiger partial charge in [-0.3, -0.25) is 9.59 Å². The molecule has 1 saturated heterocycles. The van der Waals surface area contributed by atoms with Gasteiger partial charge in [0.25, 0.3) is 5.91 Å². The number of amides is 1. The number of aromatic nitrogens is 3. The minimum atomic E-state index is -0.110. The number of nitrogens with zero attached hydrogens (tertiary/aromatic N) is 4. The second kappa shape index (κ2) is 6.02. The molecular formula is C17H22N4O2. The molecular weight excluding hydrogens is 292 g/mol. The Morgan fingerprint density at radius 2 is 2.00 bits per heavy atom. The topological polar surface area (TPSA) is 60.1 Å². The van der Waals surface area contributed by atoms with Crippen LogP contribution in [0, 0.1) is 6.92 Å². The van der Waals surface area contributed by atoms with Gasteiger partial charge in [-0.1, -0.05) is 0 Å². The monoisotopic (exact) mass is 314 g/mol. The predicted molar refractivity (Wildman–Crippen MR) is 87.5 cm³/mol. The normalized spacial score (nSPS) is 18.2. The number of carbonyl (C=O) groups excluding carboxylic acids is 1. The van der Waals surface area contributed by atoms with Crippen LogP contribution in [0.25, 0.3) is 0 Å². The quantitative estimate of drug-likeness (QED) is 0.843. The van der Waals surface area contributed by atoms with Gasteiger partial charge in [-0.25, -0.2) is 4.98 Å². The molecule has 0 aromatic carbocycles. The molecule has 122 valence electrons. The highest BCUT2D eigenvalue weighted by Gasteiger charge is 2.28. The van der Waals surface area contributed by atoms with E-state index < -0.39 is 0 Å². The molecule has 2 aromatic heterocycles. The lowest BCUT2D eigenvalue weighted by atomic mass is 9.96. The van der Waals surface area contributed by atoms with Crippen LogP contribution >= 0.6 is 0 Å². The molecule has 0 unspecified atom stereocenters. The van der Waals surface area contributed by atoms with E-state index in [-0.39, 0.29) is 17.4 Å². The van der Waals surface area contributed by atoms with E-state index in [9.17, 15) is 9.59 Å². The molecule has 2 aromatic rings. The predicted octanol–water partition coefficient (Wildman–Crippen LogP) is 1.45. The zero-order valence-electron chi connectivity index (χ0n) is 13.8. The third-order valence-corrected chi connectivity index (χ3v) is 4.44. The summed E-state index contributed by atoms with van der Waals surface area (Å²) >= 11 is 0. The fraction of sp³-hybridized carbons (Fsp3) is 0.471. The summed E-state index contributed by atoms with van der Waals surface area (Å²) in [6.45, 7) is 3.41. The molecule has 1 atom stereocenters. The number of imidazole rings is 1. The Morgan fingerprint density at radius 1 is 1.22 bits per heavy atom. The third kappa shape index (κ3) is 3.06. The van der Waals surface area contributed by atoms with Gasteiger partial charge in [0, 0.05) is 51.6 Å². The van der Waals surface area contributed by atoms with E-state index in [1.807, 2.05) is 25.1 Å². The van der Waals surface area contributed by atoms with Crippen LogP contribution in [-0.2, 0) is 14.1 Å². The largest absolute Gasteiger partial charge is 0.338 e. The Labute approximate surface area is 135 Å². The fourth-order valence-electron chi connectivity index (χ4n) is 3.29. The number of rotatable bonds is 2. The maximum atomic E-state index is 12.7. The molecule has 0 spiro atoms. The molecule has 0 aliphatic carbocycles. The highest BCUT2D eigenvalue weighted by molar-refractivity contribution is 5.94. The van der Waals surface area contributed by atoms with Crippen molar-refractivity contribution < 1.29 is 4.79 Å². The smallest absolute Gasteiger partial charge is 0.255 e. The number of likely N-dealkylation sites (tertiary alicyclic amines) is 1. The lowest BCUT2D eigenvalue weighted by molar-refractivity contribution is 0.0702. The first-order valence-electron chi connectivity index (χ1n) is 7.91. The third-order valence-electron chi connectivity index (χ3n) is 4.44. The van der Waals surface area contributed by atoms with Gasteiger partial charge in [-0.15, -0.1) is 0 Å². The molecule has 6 heteroatoms. The van der Waals surface area contributed by atoms with Crippen molar-refractivity contribution in [3.05, 3.63) is 52.0 Å². The fourth-order valence-corrected chi connectivity index (χ4v) is 3.29. The van der Waals surface area contributed by atoms with Crippen LogP contribution in [0.3, 0.4) is 0 Å². The zero-order chi connectivity index (χ0) is 16.6. The van der Waals surface area contributed by atoms with Gasteiger partial charge < -0.3 is 14.0 Å². The van der Waals surface area contributed by atoms with Crippen molar-refractivity contribution in [1.29, 1.82) is 0 Å². The molecule has 0 saturated carbocycles. The number of hydrogen-bond acceptors (Lipinski definition) is 3. The summed E-state index contributed by atoms with van der Waals surface area (Å²) in [5.74, 6) is 1.29. The lowest BCUT2D eigenvalue weighted by Gasteiger charge is -2.32. The van der Waals surface area contributed by atoms with Crippen molar-refractivity contribution in [3.63, 3.8) is 0 Å². The molecule has 1 aliphatic heterocycles. The summed E-state index contributed by atoms with van der Waals surface area (Å²) in [4.78, 5) is 30.7. The molecule has 1 fully saturated rings. The van der Waals surface area contributed by atoms with Crippen LogP contribution in [0.5, 0.6) is 0 Å². The minimum Gasteiger partial charge on any atom is -0.338 e. The van der Waals surface area contributed by atoms with Crippen LogP contribution in [0.15, 0.2) is 29.3 Å². The number of carbonyl (C=O) groups is 1. The number of piperidine rings is 1. The Balaban J connectivity index is 1.80. The standard InChI is InChI=1S/C17H22N4O2/c1-12-9-20(3)16(18-12)13-5-4-8-21(11-13)17(23)14-6-7-15(22)19(2)10-14/h6-7,9-10,13H,4-5,8,11H2,1-3H3/t13-/m1/s1. The average Bonchev–Trinajstić information content (AvgIpc) is 2.88. The van der Waals surface area contributed by atoms with E-state index in [0.29, 0.717) is 12.1 Å². The van der Waals surface area contributed by atoms with E-state index in [1.165, 1.54) is 10.6 Å². The van der Waals surface area contributed by atoms with Crippen LogP contribution < -0.4 is 5.56 Å². The lowest BCUT2D eigenvalue weighted by Crippen LogP contribution is -2.40. The van der Waals surface area contributed by atoms with Gasteiger partial charge in [0.1, 0.15) is 5.82 Å². The average molecular weight is 314 g/mol. The van der Waals surface area contributed by atoms with E-state index in [0.717, 1.165) is 30.9 Å². The summed E-state index contributed by atoms with van der Waals surface area (Å²) in [5.41, 5.74) is 1.45. The first-order valence-corrected chi connectivity index (χ1v) is 7.91. The van der Waals surface area contributed by atoms with Gasteiger partial charge >= 0.3 is 0 Å². The van der Waals surface area contributed by atoms with Crippen molar-refractivity contribution >= 4 is 5.91 Å². The maximum Gasteiger partial charge on any atom is 0.255 e. The number of aryl methyl sites for hydroxylation is 3. The van der Waals surface area contributed by atoms with Crippen LogP contribution in [0.1, 0.15) is 40.6 Å². The van der Waals surface area contributed by atoms with Gasteiger partial charge in [-0.2, -0.15) is 0 Å². The van der Waals surface area contributed by atoms with Crippen LogP contribution in [0.4, 0.5) is 0 Å². The van der Waals surface area contributed by atoms with Gasteiger partial charge in [-0.05, 0) is 25.8 Å². The molecule has 3 heterocycles. The van der Waals surface area contributed by atoms with Crippen molar-refractivity contribution in [2.24, 2.45) is 14.1 Å². The van der Waals surface area contributed by atoms with Crippen molar-refractivity contribution in [1.82, 2.24) is 19.0 Å². The summed E-state index contributed by atoms with van der Waals surface area (Å²) in [7, 11) is 3.66. The van der Waals surface area contributed by atoms with E-state index in [4.69, 9.17) is 0 Å². The minimum absolute atomic E-state index is 0.0174. The molecule has 1 aliphatic rings. The summed E-state index contributed by atoms with van der Waals surface area (Å²) in [5, 5.41) is 0. The van der Waals surface area contributed by atoms with E-state index in [2.05, 4.69) is 9.55 Å². The summed E-state index contributed by atoms with van der Waals surface area (Å²) < 4.78 is 3.50. The highest BCUT2D eigenvalue weighted by atomic mass is 16.2. The molecule has 3 rings (SSSR count). The van der Waals surface area contributed by atoms with Gasteiger partial charge in [0.2, 0.25) is 5.56 Å². The number of pyridine rings is 1. The van der Waals surface area contributed by atoms with Crippen molar-refractivity contribution in [2.75, 3.05) is 13.1 Å². The SMILES string of the molecule is Cc1cn(C)c([C@@H]2CCCN(C(=O)c3ccc(=O)n(C)c3)C2)n1. The van der Waals surface area contributed by atoms with Gasteiger partial charge in [0.15, 0.2) is 0 Å².